The topological polar surface area (TPSA) is 129 Å². The fourth-order valence-electron chi connectivity index (χ4n) is 2.90. The molecule has 3 aromatic carbocycles. The lowest BCUT2D eigenvalue weighted by Crippen LogP contribution is -1.96. The highest BCUT2D eigenvalue weighted by Crippen LogP contribution is 2.38. The summed E-state index contributed by atoms with van der Waals surface area (Å²) in [6.07, 6.45) is 0. The van der Waals surface area contributed by atoms with Crippen LogP contribution in [0.5, 0.6) is 0 Å². The summed E-state index contributed by atoms with van der Waals surface area (Å²) in [7, 11) is 0. The maximum atomic E-state index is 11.4. The monoisotopic (exact) mass is 379 g/mol. The zero-order valence-electron chi connectivity index (χ0n) is 14.6. The van der Waals surface area contributed by atoms with Crippen molar-refractivity contribution in [2.45, 2.75) is 6.92 Å². The Morgan fingerprint density at radius 3 is 1.64 bits per heavy atom. The minimum Gasteiger partial charge on any atom is -0.258 e. The molecule has 3 aromatic rings. The largest absolute Gasteiger partial charge is 0.277 e. The summed E-state index contributed by atoms with van der Waals surface area (Å²) in [5, 5.41) is 33.6. The third-order valence-corrected chi connectivity index (χ3v) is 4.24. The Bertz CT molecular complexity index is 1110. The molecule has 0 atom stereocenters. The van der Waals surface area contributed by atoms with E-state index in [9.17, 15) is 30.3 Å². The Morgan fingerprint density at radius 1 is 0.607 bits per heavy atom. The van der Waals surface area contributed by atoms with Crippen LogP contribution >= 0.6 is 0 Å². The first-order valence-corrected chi connectivity index (χ1v) is 8.06. The van der Waals surface area contributed by atoms with Crippen LogP contribution in [0.4, 0.5) is 17.1 Å². The van der Waals surface area contributed by atoms with Gasteiger partial charge in [-0.2, -0.15) is 0 Å². The van der Waals surface area contributed by atoms with Crippen LogP contribution in [0.2, 0.25) is 0 Å². The molecule has 0 bridgehead atoms. The summed E-state index contributed by atoms with van der Waals surface area (Å²) in [4.78, 5) is 32.0. The summed E-state index contributed by atoms with van der Waals surface area (Å²) in [5.41, 5.74) is 1.73. The second-order valence-corrected chi connectivity index (χ2v) is 6.07. The van der Waals surface area contributed by atoms with E-state index in [0.717, 1.165) is 5.56 Å². The molecular formula is C19H13N3O6. The van der Waals surface area contributed by atoms with Crippen LogP contribution in [-0.4, -0.2) is 14.8 Å². The zero-order chi connectivity index (χ0) is 20.4. The van der Waals surface area contributed by atoms with Gasteiger partial charge in [-0.25, -0.2) is 0 Å². The molecule has 0 aliphatic carbocycles. The third kappa shape index (κ3) is 3.54. The van der Waals surface area contributed by atoms with Crippen molar-refractivity contribution >= 4 is 17.1 Å². The van der Waals surface area contributed by atoms with E-state index in [-0.39, 0.29) is 22.6 Å². The number of non-ortho nitro benzene ring substituents is 1. The molecule has 9 nitrogen and oxygen atoms in total. The summed E-state index contributed by atoms with van der Waals surface area (Å²) in [5.74, 6) is 0. The molecule has 9 heteroatoms. The van der Waals surface area contributed by atoms with E-state index in [0.29, 0.717) is 16.7 Å². The third-order valence-electron chi connectivity index (χ3n) is 4.24. The van der Waals surface area contributed by atoms with E-state index in [4.69, 9.17) is 0 Å². The first-order valence-electron chi connectivity index (χ1n) is 8.06. The van der Waals surface area contributed by atoms with Gasteiger partial charge in [0.05, 0.1) is 25.9 Å². The van der Waals surface area contributed by atoms with E-state index < -0.39 is 14.8 Å². The fraction of sp³-hybridized carbons (Fsp3) is 0.0526. The number of hydrogen-bond acceptors (Lipinski definition) is 6. The standard InChI is InChI=1S/C19H13N3O6/c1-12-2-8-18(21(25)26)16(10-12)14-5-9-19(22(27)28)17(11-14)13-3-6-15(7-4-13)20(23)24/h2-11H,1H3. The van der Waals surface area contributed by atoms with Crippen LogP contribution in [0.15, 0.2) is 60.7 Å². The summed E-state index contributed by atoms with van der Waals surface area (Å²) >= 11 is 0. The normalized spacial score (nSPS) is 10.5. The highest BCUT2D eigenvalue weighted by Gasteiger charge is 2.21. The highest BCUT2D eigenvalue weighted by molar-refractivity contribution is 5.83. The van der Waals surface area contributed by atoms with Crippen molar-refractivity contribution in [1.29, 1.82) is 0 Å². The second-order valence-electron chi connectivity index (χ2n) is 6.07. The van der Waals surface area contributed by atoms with Gasteiger partial charge in [0.15, 0.2) is 0 Å². The molecule has 0 saturated heterocycles. The molecule has 0 amide bonds. The lowest BCUT2D eigenvalue weighted by Gasteiger charge is -2.09. The molecule has 0 heterocycles. The maximum Gasteiger partial charge on any atom is 0.277 e. The van der Waals surface area contributed by atoms with Gasteiger partial charge in [0.25, 0.3) is 17.1 Å². The number of rotatable bonds is 5. The Kier molecular flexibility index (Phi) is 4.82. The molecule has 0 aromatic heterocycles. The number of nitro benzene ring substituents is 3. The van der Waals surface area contributed by atoms with Crippen LogP contribution in [-0.2, 0) is 0 Å². The molecular weight excluding hydrogens is 366 g/mol. The van der Waals surface area contributed by atoms with Gasteiger partial charge in [0.1, 0.15) is 0 Å². The summed E-state index contributed by atoms with van der Waals surface area (Å²) in [6.45, 7) is 1.79. The van der Waals surface area contributed by atoms with Crippen LogP contribution in [0.25, 0.3) is 22.3 Å². The van der Waals surface area contributed by atoms with Gasteiger partial charge >= 0.3 is 0 Å². The zero-order valence-corrected chi connectivity index (χ0v) is 14.6. The highest BCUT2D eigenvalue weighted by atomic mass is 16.6. The molecule has 0 aliphatic rings. The SMILES string of the molecule is Cc1ccc([N+](=O)[O-])c(-c2ccc([N+](=O)[O-])c(-c3ccc([N+](=O)[O-])cc3)c2)c1. The molecule has 0 fully saturated rings. The molecule has 28 heavy (non-hydrogen) atoms. The van der Waals surface area contributed by atoms with Gasteiger partial charge in [-0.15, -0.1) is 0 Å². The molecule has 140 valence electrons. The average Bonchev–Trinajstić information content (AvgIpc) is 2.67. The smallest absolute Gasteiger partial charge is 0.258 e. The Hall–Kier alpha value is -4.14. The van der Waals surface area contributed by atoms with Gasteiger partial charge in [0, 0.05) is 24.3 Å². The van der Waals surface area contributed by atoms with Gasteiger partial charge in [-0.3, -0.25) is 30.3 Å². The minimum absolute atomic E-state index is 0.117. The van der Waals surface area contributed by atoms with Crippen LogP contribution in [0.3, 0.4) is 0 Å². The first kappa shape index (κ1) is 18.6. The molecule has 0 unspecified atom stereocenters. The van der Waals surface area contributed by atoms with Gasteiger partial charge in [-0.1, -0.05) is 11.6 Å². The van der Waals surface area contributed by atoms with Gasteiger partial charge < -0.3 is 0 Å². The van der Waals surface area contributed by atoms with Crippen molar-refractivity contribution in [3.63, 3.8) is 0 Å². The van der Waals surface area contributed by atoms with E-state index >= 15 is 0 Å². The van der Waals surface area contributed by atoms with Crippen LogP contribution < -0.4 is 0 Å². The average molecular weight is 379 g/mol. The van der Waals surface area contributed by atoms with Crippen LogP contribution in [0.1, 0.15) is 5.56 Å². The number of aryl methyl sites for hydroxylation is 1. The Morgan fingerprint density at radius 2 is 1.11 bits per heavy atom. The van der Waals surface area contributed by atoms with Crippen molar-refractivity contribution < 1.29 is 14.8 Å². The lowest BCUT2D eigenvalue weighted by atomic mass is 9.95. The van der Waals surface area contributed by atoms with Gasteiger partial charge in [-0.05, 0) is 48.4 Å². The summed E-state index contributed by atoms with van der Waals surface area (Å²) in [6, 6.07) is 14.2. The maximum absolute atomic E-state index is 11.4. The van der Waals surface area contributed by atoms with E-state index in [2.05, 4.69) is 0 Å². The number of nitro groups is 3. The quantitative estimate of drug-likeness (QED) is 0.450. The number of nitrogens with zero attached hydrogens (tertiary/aromatic N) is 3. The van der Waals surface area contributed by atoms with Crippen molar-refractivity contribution in [2.24, 2.45) is 0 Å². The van der Waals surface area contributed by atoms with E-state index in [1.165, 1.54) is 48.5 Å². The first-order chi connectivity index (χ1) is 13.3. The molecule has 0 aliphatic heterocycles. The molecule has 0 N–H and O–H groups in total. The van der Waals surface area contributed by atoms with Crippen molar-refractivity contribution in [3.05, 3.63) is 96.6 Å². The molecule has 0 spiro atoms. The predicted octanol–water partition coefficient (Wildman–Crippen LogP) is 5.05. The Balaban J connectivity index is 2.21. The van der Waals surface area contributed by atoms with Gasteiger partial charge in [0.2, 0.25) is 0 Å². The van der Waals surface area contributed by atoms with Crippen molar-refractivity contribution in [3.8, 4) is 22.3 Å². The lowest BCUT2D eigenvalue weighted by molar-refractivity contribution is -0.385. The summed E-state index contributed by atoms with van der Waals surface area (Å²) < 4.78 is 0. The Labute approximate surface area is 158 Å². The number of benzene rings is 3. The van der Waals surface area contributed by atoms with Crippen molar-refractivity contribution in [1.82, 2.24) is 0 Å². The molecule has 0 saturated carbocycles. The van der Waals surface area contributed by atoms with Crippen molar-refractivity contribution in [2.75, 3.05) is 0 Å². The molecule has 3 rings (SSSR count). The van der Waals surface area contributed by atoms with E-state index in [1.54, 1.807) is 19.1 Å². The second kappa shape index (κ2) is 7.23. The fourth-order valence-corrected chi connectivity index (χ4v) is 2.90. The van der Waals surface area contributed by atoms with Crippen LogP contribution in [0, 0.1) is 37.3 Å². The number of hydrogen-bond donors (Lipinski definition) is 0. The predicted molar refractivity (Wildman–Crippen MR) is 102 cm³/mol. The van der Waals surface area contributed by atoms with E-state index in [1.807, 2.05) is 0 Å². The molecule has 0 radical (unpaired) electrons. The minimum atomic E-state index is -0.565.